The molecule has 174 valence electrons. The Morgan fingerprint density at radius 2 is 1.73 bits per heavy atom. The molecule has 0 radical (unpaired) electrons. The Labute approximate surface area is 185 Å². The standard InChI is InChI=1S/C10H14N2.C7H15N.C4H9N.C3H9NO/c1-2-4-10(5-3-1)12-8-6-11-7-9-12;1-2-5-8-6-7-3-4-7;5-4-2-1-3-4;1-5-3-2-4/h1-5,11H,6-9H2;7-8H,2-6H2,1H3;4H,1-3,5H2;2-4H2,1H3. The van der Waals surface area contributed by atoms with Crippen molar-refractivity contribution in [2.24, 2.45) is 17.4 Å². The van der Waals surface area contributed by atoms with Crippen LogP contribution in [0.2, 0.25) is 0 Å². The van der Waals surface area contributed by atoms with Gasteiger partial charge in [-0.15, -0.1) is 0 Å². The second-order valence-corrected chi connectivity index (χ2v) is 8.19. The minimum Gasteiger partial charge on any atom is -0.383 e. The highest BCUT2D eigenvalue weighted by atomic mass is 16.5. The molecule has 0 spiro atoms. The van der Waals surface area contributed by atoms with Crippen LogP contribution >= 0.6 is 0 Å². The molecule has 0 atom stereocenters. The van der Waals surface area contributed by atoms with Crippen molar-refractivity contribution in [1.29, 1.82) is 0 Å². The monoisotopic (exact) mass is 421 g/mol. The summed E-state index contributed by atoms with van der Waals surface area (Å²) in [6.07, 6.45) is 8.10. The molecular formula is C24H47N5O. The molecule has 2 aliphatic carbocycles. The molecule has 0 amide bonds. The summed E-state index contributed by atoms with van der Waals surface area (Å²) in [5.41, 5.74) is 11.7. The van der Waals surface area contributed by atoms with E-state index >= 15 is 0 Å². The number of hydrogen-bond donors (Lipinski definition) is 4. The van der Waals surface area contributed by atoms with Crippen molar-refractivity contribution >= 4 is 5.69 Å². The first-order valence-corrected chi connectivity index (χ1v) is 11.9. The minimum absolute atomic E-state index is 0.565. The quantitative estimate of drug-likeness (QED) is 0.506. The summed E-state index contributed by atoms with van der Waals surface area (Å²) in [6, 6.07) is 11.2. The van der Waals surface area contributed by atoms with Crippen molar-refractivity contribution in [1.82, 2.24) is 10.6 Å². The first-order valence-electron chi connectivity index (χ1n) is 11.9. The van der Waals surface area contributed by atoms with Crippen LogP contribution in [0.5, 0.6) is 0 Å². The molecule has 1 saturated heterocycles. The second-order valence-electron chi connectivity index (χ2n) is 8.19. The summed E-state index contributed by atoms with van der Waals surface area (Å²) in [7, 11) is 1.63. The lowest BCUT2D eigenvalue weighted by Gasteiger charge is -2.29. The van der Waals surface area contributed by atoms with Crippen molar-refractivity contribution in [2.75, 3.05) is 64.4 Å². The van der Waals surface area contributed by atoms with Gasteiger partial charge in [0.2, 0.25) is 0 Å². The largest absolute Gasteiger partial charge is 0.383 e. The molecule has 1 aromatic carbocycles. The summed E-state index contributed by atoms with van der Waals surface area (Å²) in [5, 5.41) is 6.74. The molecular weight excluding hydrogens is 374 g/mol. The van der Waals surface area contributed by atoms with Gasteiger partial charge in [0, 0.05) is 51.6 Å². The highest BCUT2D eigenvalue weighted by molar-refractivity contribution is 5.46. The zero-order valence-electron chi connectivity index (χ0n) is 19.5. The fraction of sp³-hybridized carbons (Fsp3) is 0.750. The summed E-state index contributed by atoms with van der Waals surface area (Å²) < 4.78 is 4.57. The van der Waals surface area contributed by atoms with E-state index in [1.807, 2.05) is 0 Å². The molecule has 0 aromatic heterocycles. The smallest absolute Gasteiger partial charge is 0.0584 e. The van der Waals surface area contributed by atoms with Gasteiger partial charge in [-0.2, -0.15) is 0 Å². The number of ether oxygens (including phenoxy) is 1. The van der Waals surface area contributed by atoms with Gasteiger partial charge in [-0.3, -0.25) is 0 Å². The average molecular weight is 422 g/mol. The van der Waals surface area contributed by atoms with Crippen LogP contribution in [0.3, 0.4) is 0 Å². The fourth-order valence-corrected chi connectivity index (χ4v) is 2.92. The summed E-state index contributed by atoms with van der Waals surface area (Å²) in [4.78, 5) is 2.41. The molecule has 0 unspecified atom stereocenters. The van der Waals surface area contributed by atoms with Crippen molar-refractivity contribution < 1.29 is 4.74 Å². The van der Waals surface area contributed by atoms with E-state index in [1.165, 1.54) is 57.3 Å². The van der Waals surface area contributed by atoms with Crippen LogP contribution in [0.4, 0.5) is 5.69 Å². The Balaban J connectivity index is 0.000000217. The van der Waals surface area contributed by atoms with Crippen molar-refractivity contribution in [3.8, 4) is 0 Å². The van der Waals surface area contributed by atoms with Crippen molar-refractivity contribution in [3.63, 3.8) is 0 Å². The van der Waals surface area contributed by atoms with Crippen LogP contribution in [-0.2, 0) is 4.74 Å². The maximum absolute atomic E-state index is 5.38. The molecule has 6 heteroatoms. The Bertz CT molecular complexity index is 472. The van der Waals surface area contributed by atoms with Gasteiger partial charge in [0.15, 0.2) is 0 Å². The zero-order valence-corrected chi connectivity index (χ0v) is 19.5. The normalized spacial score (nSPS) is 17.9. The summed E-state index contributed by atoms with van der Waals surface area (Å²) in [5.74, 6) is 1.04. The Morgan fingerprint density at radius 3 is 2.13 bits per heavy atom. The molecule has 4 rings (SSSR count). The lowest BCUT2D eigenvalue weighted by molar-refractivity contribution is 0.207. The predicted octanol–water partition coefficient (Wildman–Crippen LogP) is 2.58. The van der Waals surface area contributed by atoms with Crippen molar-refractivity contribution in [2.45, 2.75) is 51.5 Å². The van der Waals surface area contributed by atoms with E-state index in [2.05, 4.69) is 57.5 Å². The molecule has 3 aliphatic rings. The molecule has 2 saturated carbocycles. The number of nitrogens with two attached hydrogens (primary N) is 2. The molecule has 6 nitrogen and oxygen atoms in total. The van der Waals surface area contributed by atoms with E-state index in [4.69, 9.17) is 11.5 Å². The first kappa shape index (κ1) is 26.9. The Morgan fingerprint density at radius 1 is 1.10 bits per heavy atom. The number of para-hydroxylation sites is 1. The number of nitrogens with one attached hydrogen (secondary N) is 2. The second kappa shape index (κ2) is 18.6. The zero-order chi connectivity index (χ0) is 21.9. The number of rotatable bonds is 7. The highest BCUT2D eigenvalue weighted by Gasteiger charge is 2.19. The number of hydrogen-bond acceptors (Lipinski definition) is 6. The molecule has 1 aliphatic heterocycles. The summed E-state index contributed by atoms with van der Waals surface area (Å²) >= 11 is 0. The van der Waals surface area contributed by atoms with E-state index in [1.54, 1.807) is 7.11 Å². The third-order valence-electron chi connectivity index (χ3n) is 5.27. The highest BCUT2D eigenvalue weighted by Crippen LogP contribution is 2.27. The average Bonchev–Trinajstić information content (AvgIpc) is 3.60. The van der Waals surface area contributed by atoms with Crippen LogP contribution in [0.1, 0.15) is 45.4 Å². The number of anilines is 1. The maximum Gasteiger partial charge on any atom is 0.0584 e. The maximum atomic E-state index is 5.38. The van der Waals surface area contributed by atoms with E-state index in [0.717, 1.165) is 32.1 Å². The van der Waals surface area contributed by atoms with Crippen LogP contribution in [0, 0.1) is 5.92 Å². The van der Waals surface area contributed by atoms with Gasteiger partial charge in [-0.05, 0) is 63.2 Å². The fourth-order valence-electron chi connectivity index (χ4n) is 2.92. The lowest BCUT2D eigenvalue weighted by atomic mass is 9.95. The topological polar surface area (TPSA) is 88.6 Å². The molecule has 1 aromatic rings. The molecule has 3 fully saturated rings. The van der Waals surface area contributed by atoms with Gasteiger partial charge in [0.25, 0.3) is 0 Å². The Hall–Kier alpha value is -1.18. The number of nitrogens with zero attached hydrogens (tertiary/aromatic N) is 1. The number of benzene rings is 1. The van der Waals surface area contributed by atoms with Crippen LogP contribution < -0.4 is 27.0 Å². The van der Waals surface area contributed by atoms with Crippen LogP contribution in [0.15, 0.2) is 30.3 Å². The van der Waals surface area contributed by atoms with Gasteiger partial charge >= 0.3 is 0 Å². The Kier molecular flexibility index (Phi) is 16.6. The lowest BCUT2D eigenvalue weighted by Crippen LogP contribution is -2.43. The number of piperazine rings is 1. The van der Waals surface area contributed by atoms with Gasteiger partial charge < -0.3 is 31.7 Å². The van der Waals surface area contributed by atoms with E-state index in [0.29, 0.717) is 19.2 Å². The predicted molar refractivity (Wildman–Crippen MR) is 130 cm³/mol. The SMILES string of the molecule is CCCNCC1CC1.COCCN.NC1CCC1.c1ccc(N2CCNCC2)cc1. The van der Waals surface area contributed by atoms with E-state index in [-0.39, 0.29) is 0 Å². The third-order valence-corrected chi connectivity index (χ3v) is 5.27. The van der Waals surface area contributed by atoms with Crippen LogP contribution in [0.25, 0.3) is 0 Å². The third kappa shape index (κ3) is 14.7. The van der Waals surface area contributed by atoms with E-state index in [9.17, 15) is 0 Å². The first-order chi connectivity index (χ1) is 14.7. The molecule has 0 bridgehead atoms. The molecule has 1 heterocycles. The van der Waals surface area contributed by atoms with Crippen molar-refractivity contribution in [3.05, 3.63) is 30.3 Å². The van der Waals surface area contributed by atoms with Gasteiger partial charge in [0.05, 0.1) is 6.61 Å². The van der Waals surface area contributed by atoms with Gasteiger partial charge in [-0.1, -0.05) is 31.5 Å². The summed E-state index contributed by atoms with van der Waals surface area (Å²) in [6.45, 7) is 10.4. The van der Waals surface area contributed by atoms with E-state index < -0.39 is 0 Å². The van der Waals surface area contributed by atoms with Gasteiger partial charge in [-0.25, -0.2) is 0 Å². The molecule has 6 N–H and O–H groups in total. The number of methoxy groups -OCH3 is 1. The minimum atomic E-state index is 0.565. The molecule has 30 heavy (non-hydrogen) atoms. The van der Waals surface area contributed by atoms with Gasteiger partial charge in [0.1, 0.15) is 0 Å². The van der Waals surface area contributed by atoms with Crippen LogP contribution in [-0.4, -0.2) is 65.6 Å².